The Balaban J connectivity index is -0.0000000789. The molecule has 0 spiro atoms. The van der Waals surface area contributed by atoms with E-state index in [1.54, 1.807) is 0 Å². The molecule has 2 nitrogen and oxygen atoms in total. The van der Waals surface area contributed by atoms with Gasteiger partial charge in [0, 0.05) is 26.4 Å². The molecule has 0 aromatic carbocycles. The van der Waals surface area contributed by atoms with Gasteiger partial charge in [0.1, 0.15) is 0 Å². The first-order valence-electron chi connectivity index (χ1n) is 12.7. The summed E-state index contributed by atoms with van der Waals surface area (Å²) in [6, 6.07) is 0. The first-order valence-corrected chi connectivity index (χ1v) is 12.7. The van der Waals surface area contributed by atoms with Crippen LogP contribution in [0.5, 0.6) is 0 Å². The highest BCUT2D eigenvalue weighted by Gasteiger charge is 1.76. The van der Waals surface area contributed by atoms with Crippen LogP contribution in [0.1, 0.15) is 146 Å². The van der Waals surface area contributed by atoms with Crippen LogP contribution in [0.4, 0.5) is 0 Å². The molecule has 0 fully saturated rings. The van der Waals surface area contributed by atoms with E-state index in [0.717, 1.165) is 26.4 Å². The molecule has 178 valence electrons. The van der Waals surface area contributed by atoms with Gasteiger partial charge in [-0.15, -0.1) is 0 Å². The van der Waals surface area contributed by atoms with Gasteiger partial charge in [-0.1, -0.05) is 119 Å². The summed E-state index contributed by atoms with van der Waals surface area (Å²) >= 11 is 0. The molecular weight excluding hydrogens is 344 g/mol. The van der Waals surface area contributed by atoms with E-state index in [9.17, 15) is 0 Å². The molecule has 0 amide bonds. The van der Waals surface area contributed by atoms with Crippen LogP contribution < -0.4 is 0 Å². The Morgan fingerprint density at radius 1 is 0.286 bits per heavy atom. The zero-order valence-corrected chi connectivity index (χ0v) is 22.1. The van der Waals surface area contributed by atoms with Gasteiger partial charge in [0.05, 0.1) is 0 Å². The van der Waals surface area contributed by atoms with E-state index in [4.69, 9.17) is 9.47 Å². The Kier molecular flexibility index (Phi) is 77.5. The summed E-state index contributed by atoms with van der Waals surface area (Å²) in [7, 11) is 0. The van der Waals surface area contributed by atoms with Crippen molar-refractivity contribution in [3.05, 3.63) is 0 Å². The number of unbranched alkanes of at least 4 members (excludes halogenated alkanes) is 9. The average Bonchev–Trinajstić information content (AvgIpc) is 2.72. The maximum atomic E-state index is 4.83. The predicted molar refractivity (Wildman–Crippen MR) is 134 cm³/mol. The van der Waals surface area contributed by atoms with E-state index in [1.807, 2.05) is 27.7 Å². The Bertz CT molecular complexity index is 119. The second-order valence-corrected chi connectivity index (χ2v) is 6.68. The Morgan fingerprint density at radius 3 is 0.464 bits per heavy atom. The molecule has 28 heavy (non-hydrogen) atoms. The third-order valence-electron chi connectivity index (χ3n) is 3.69. The zero-order valence-electron chi connectivity index (χ0n) is 22.1. The van der Waals surface area contributed by atoms with Crippen LogP contribution in [-0.2, 0) is 9.47 Å². The normalized spacial score (nSPS) is 8.79. The van der Waals surface area contributed by atoms with E-state index in [1.165, 1.54) is 77.0 Å². The van der Waals surface area contributed by atoms with Gasteiger partial charge in [-0.2, -0.15) is 0 Å². The summed E-state index contributed by atoms with van der Waals surface area (Å²) < 4.78 is 9.67. The van der Waals surface area contributed by atoms with Crippen LogP contribution in [-0.4, -0.2) is 26.4 Å². The maximum Gasteiger partial charge on any atom is 0.0437 e. The molecule has 0 radical (unpaired) electrons. The van der Waals surface area contributed by atoms with Gasteiger partial charge < -0.3 is 9.47 Å². The highest BCUT2D eigenvalue weighted by atomic mass is 16.5. The van der Waals surface area contributed by atoms with Crippen molar-refractivity contribution in [2.75, 3.05) is 26.4 Å². The van der Waals surface area contributed by atoms with Gasteiger partial charge in [-0.25, -0.2) is 0 Å². The molecule has 0 aromatic rings. The average molecular weight is 407 g/mol. The van der Waals surface area contributed by atoms with E-state index in [0.29, 0.717) is 0 Å². The lowest BCUT2D eigenvalue weighted by Crippen LogP contribution is -1.84. The molecule has 0 aliphatic carbocycles. The second-order valence-electron chi connectivity index (χ2n) is 6.68. The lowest BCUT2D eigenvalue weighted by atomic mass is 10.2. The van der Waals surface area contributed by atoms with Gasteiger partial charge in [0.2, 0.25) is 0 Å². The number of rotatable bonds is 13. The van der Waals surface area contributed by atoms with E-state index in [2.05, 4.69) is 41.5 Å². The van der Waals surface area contributed by atoms with Crippen LogP contribution >= 0.6 is 0 Å². The van der Waals surface area contributed by atoms with Crippen molar-refractivity contribution in [1.29, 1.82) is 0 Å². The first-order chi connectivity index (χ1) is 13.6. The maximum absolute atomic E-state index is 4.83. The lowest BCUT2D eigenvalue weighted by Gasteiger charge is -1.86. The summed E-state index contributed by atoms with van der Waals surface area (Å²) in [5.74, 6) is 0. The van der Waals surface area contributed by atoms with Gasteiger partial charge in [-0.05, 0) is 27.7 Å². The molecule has 0 rings (SSSR count). The summed E-state index contributed by atoms with van der Waals surface area (Å²) in [4.78, 5) is 0. The van der Waals surface area contributed by atoms with Crippen molar-refractivity contribution in [3.63, 3.8) is 0 Å². The third kappa shape index (κ3) is 96.4. The summed E-state index contributed by atoms with van der Waals surface area (Å²) in [5, 5.41) is 0. The molecule has 0 saturated heterocycles. The molecule has 2 heteroatoms. The van der Waals surface area contributed by atoms with Crippen molar-refractivity contribution >= 4 is 0 Å². The van der Waals surface area contributed by atoms with E-state index < -0.39 is 0 Å². The largest absolute Gasteiger partial charge is 0.382 e. The van der Waals surface area contributed by atoms with Crippen LogP contribution in [0.3, 0.4) is 0 Å². The molecule has 0 saturated carbocycles. The first kappa shape index (κ1) is 38.5. The Hall–Kier alpha value is -0.0800. The van der Waals surface area contributed by atoms with Gasteiger partial charge in [-0.3, -0.25) is 0 Å². The molecule has 0 atom stereocenters. The number of ether oxygens (including phenoxy) is 2. The van der Waals surface area contributed by atoms with Crippen LogP contribution in [0.15, 0.2) is 0 Å². The van der Waals surface area contributed by atoms with Crippen molar-refractivity contribution in [1.82, 2.24) is 0 Å². The molecule has 0 heterocycles. The Morgan fingerprint density at radius 2 is 0.429 bits per heavy atom. The number of hydrogen-bond acceptors (Lipinski definition) is 2. The van der Waals surface area contributed by atoms with Gasteiger partial charge in [0.25, 0.3) is 0 Å². The molecule has 0 unspecified atom stereocenters. The van der Waals surface area contributed by atoms with Crippen LogP contribution in [0, 0.1) is 0 Å². The molecule has 0 aliphatic heterocycles. The lowest BCUT2D eigenvalue weighted by molar-refractivity contribution is 0.162. The van der Waals surface area contributed by atoms with Crippen molar-refractivity contribution in [2.24, 2.45) is 0 Å². The minimum atomic E-state index is 0.844. The fourth-order valence-corrected chi connectivity index (χ4v) is 1.91. The number of hydrogen-bond donors (Lipinski definition) is 0. The monoisotopic (exact) mass is 406 g/mol. The second kappa shape index (κ2) is 56.3. The molecular formula is C26H62O2. The molecule has 0 bridgehead atoms. The van der Waals surface area contributed by atoms with E-state index in [-0.39, 0.29) is 0 Å². The van der Waals surface area contributed by atoms with Crippen molar-refractivity contribution in [2.45, 2.75) is 146 Å². The summed E-state index contributed by atoms with van der Waals surface area (Å²) in [6.45, 7) is 24.7. The molecule has 0 aromatic heterocycles. The smallest absolute Gasteiger partial charge is 0.0437 e. The fraction of sp³-hybridized carbons (Fsp3) is 1.00. The van der Waals surface area contributed by atoms with Crippen molar-refractivity contribution in [3.8, 4) is 0 Å². The Labute approximate surface area is 182 Å². The predicted octanol–water partition coefficient (Wildman–Crippen LogP) is 9.85. The van der Waals surface area contributed by atoms with Crippen molar-refractivity contribution < 1.29 is 9.47 Å². The zero-order chi connectivity index (χ0) is 22.7. The molecule has 0 N–H and O–H groups in total. The topological polar surface area (TPSA) is 18.5 Å². The van der Waals surface area contributed by atoms with E-state index >= 15 is 0 Å². The summed E-state index contributed by atoms with van der Waals surface area (Å²) in [5.41, 5.74) is 0. The SMILES string of the molecule is CCCCCC.CCCCCC.CCCCCC.CCOCC.CCOCC. The highest BCUT2D eigenvalue weighted by molar-refractivity contribution is 4.32. The quantitative estimate of drug-likeness (QED) is 0.283. The minimum Gasteiger partial charge on any atom is -0.382 e. The minimum absolute atomic E-state index is 0.844. The van der Waals surface area contributed by atoms with Crippen LogP contribution in [0.25, 0.3) is 0 Å². The third-order valence-corrected chi connectivity index (χ3v) is 3.69. The fourth-order valence-electron chi connectivity index (χ4n) is 1.91. The standard InChI is InChI=1S/3C6H14.2C4H10O/c3*1-3-5-6-4-2;2*1-3-5-4-2/h3*3-6H2,1-2H3;2*3-4H2,1-2H3. The highest BCUT2D eigenvalue weighted by Crippen LogP contribution is 1.96. The molecule has 0 aliphatic rings. The van der Waals surface area contributed by atoms with Gasteiger partial charge >= 0.3 is 0 Å². The van der Waals surface area contributed by atoms with Crippen LogP contribution in [0.2, 0.25) is 0 Å². The summed E-state index contributed by atoms with van der Waals surface area (Å²) in [6.07, 6.45) is 16.6. The van der Waals surface area contributed by atoms with Gasteiger partial charge in [0.15, 0.2) is 0 Å².